The van der Waals surface area contributed by atoms with Crippen LogP contribution < -0.4 is 5.11 Å². The van der Waals surface area contributed by atoms with Crippen molar-refractivity contribution >= 4 is 17.9 Å². The van der Waals surface area contributed by atoms with Crippen molar-refractivity contribution in [3.05, 3.63) is 122 Å². The molecule has 0 amide bonds. The lowest BCUT2D eigenvalue weighted by molar-refractivity contribution is -0.870. The van der Waals surface area contributed by atoms with Crippen molar-refractivity contribution < 1.29 is 42.9 Å². The second-order valence-corrected chi connectivity index (χ2v) is 17.7. The highest BCUT2D eigenvalue weighted by Crippen LogP contribution is 2.12. The molecule has 0 saturated heterocycles. The summed E-state index contributed by atoms with van der Waals surface area (Å²) in [6, 6.07) is 0. The molecule has 67 heavy (non-hydrogen) atoms. The molecule has 0 aromatic carbocycles. The molecule has 0 aromatic heterocycles. The van der Waals surface area contributed by atoms with Gasteiger partial charge in [-0.25, -0.2) is 0 Å². The van der Waals surface area contributed by atoms with Crippen LogP contribution in [0.4, 0.5) is 0 Å². The highest BCUT2D eigenvalue weighted by atomic mass is 16.7. The molecule has 0 aliphatic rings. The number of allylic oxidation sites excluding steroid dienone is 20. The summed E-state index contributed by atoms with van der Waals surface area (Å²) in [5, 5.41) is 11.7. The van der Waals surface area contributed by atoms with Crippen LogP contribution in [0.25, 0.3) is 0 Å². The molecule has 2 atom stereocenters. The summed E-state index contributed by atoms with van der Waals surface area (Å²) in [7, 11) is 5.89. The van der Waals surface area contributed by atoms with E-state index in [1.165, 1.54) is 0 Å². The highest BCUT2D eigenvalue weighted by molar-refractivity contribution is 5.70. The third-order valence-corrected chi connectivity index (χ3v) is 10.2. The van der Waals surface area contributed by atoms with Gasteiger partial charge in [0, 0.05) is 12.8 Å². The maximum atomic E-state index is 12.8. The lowest BCUT2D eigenvalue weighted by Gasteiger charge is -2.26. The maximum absolute atomic E-state index is 12.8. The van der Waals surface area contributed by atoms with Crippen LogP contribution in [0.1, 0.15) is 168 Å². The van der Waals surface area contributed by atoms with E-state index in [4.69, 9.17) is 18.9 Å². The van der Waals surface area contributed by atoms with E-state index >= 15 is 0 Å². The zero-order valence-electron chi connectivity index (χ0n) is 42.7. The van der Waals surface area contributed by atoms with Crippen LogP contribution in [0.15, 0.2) is 122 Å². The lowest BCUT2D eigenvalue weighted by Crippen LogP contribution is -2.44. The van der Waals surface area contributed by atoms with E-state index in [1.807, 2.05) is 21.1 Å². The van der Waals surface area contributed by atoms with E-state index in [1.54, 1.807) is 0 Å². The van der Waals surface area contributed by atoms with Crippen molar-refractivity contribution in [2.24, 2.45) is 0 Å². The minimum absolute atomic E-state index is 0.133. The largest absolute Gasteiger partial charge is 0.545 e. The molecule has 0 aromatic rings. The number of nitrogens with zero attached hydrogens (tertiary/aromatic N) is 1. The van der Waals surface area contributed by atoms with Crippen molar-refractivity contribution in [2.45, 2.75) is 180 Å². The number of hydrogen-bond donors (Lipinski definition) is 0. The number of ether oxygens (including phenoxy) is 4. The van der Waals surface area contributed by atoms with Crippen LogP contribution in [0.2, 0.25) is 0 Å². The monoisotopic (exact) mass is 932 g/mol. The molecule has 0 aliphatic heterocycles. The predicted octanol–water partition coefficient (Wildman–Crippen LogP) is 13.2. The molecular formula is C58H93NO8. The van der Waals surface area contributed by atoms with Gasteiger partial charge in [-0.3, -0.25) is 9.59 Å². The number of carboxylic acids is 1. The Bertz CT molecular complexity index is 1510. The first-order valence-corrected chi connectivity index (χ1v) is 25.7. The second kappa shape index (κ2) is 48.2. The van der Waals surface area contributed by atoms with Crippen molar-refractivity contribution in [3.8, 4) is 0 Å². The minimum Gasteiger partial charge on any atom is -0.545 e. The molecule has 378 valence electrons. The molecule has 9 nitrogen and oxygen atoms in total. The molecular weight excluding hydrogens is 839 g/mol. The van der Waals surface area contributed by atoms with E-state index in [-0.39, 0.29) is 38.6 Å². The molecule has 0 heterocycles. The number of quaternary nitrogens is 1. The van der Waals surface area contributed by atoms with Gasteiger partial charge in [0.2, 0.25) is 0 Å². The summed E-state index contributed by atoms with van der Waals surface area (Å²) in [6.45, 7) is 4.44. The zero-order chi connectivity index (χ0) is 49.2. The molecule has 9 heteroatoms. The third-order valence-electron chi connectivity index (χ3n) is 10.2. The molecule has 0 N–H and O–H groups in total. The molecule has 0 bridgehead atoms. The van der Waals surface area contributed by atoms with E-state index in [0.29, 0.717) is 23.9 Å². The Morgan fingerprint density at radius 3 is 1.19 bits per heavy atom. The summed E-state index contributed by atoms with van der Waals surface area (Å²) in [6.07, 6.45) is 63.8. The number of carbonyl (C=O) groups excluding carboxylic acids is 3. The molecule has 0 fully saturated rings. The fourth-order valence-corrected chi connectivity index (χ4v) is 6.29. The Labute approximate surface area is 408 Å². The van der Waals surface area contributed by atoms with Crippen LogP contribution in [0.5, 0.6) is 0 Å². The molecule has 0 spiro atoms. The number of carbonyl (C=O) groups is 3. The summed E-state index contributed by atoms with van der Waals surface area (Å²) in [5.74, 6) is -2.35. The summed E-state index contributed by atoms with van der Waals surface area (Å²) >= 11 is 0. The Morgan fingerprint density at radius 1 is 0.448 bits per heavy atom. The standard InChI is InChI=1S/C58H93NO8/c1-6-8-10-12-14-16-18-20-22-23-24-25-26-27-28-29-30-31-32-33-35-37-39-41-43-45-47-49-56(61)67-54(53-66-58(57(62)63)64-51-50-59(3,4)5)52-65-55(60)48-46-44-42-40-38-36-34-21-19-17-15-13-11-9-7-2/h8-11,14-17,20-22,24-25,27-28,30-31,33-35,54,58H,6-7,12-13,18-19,23,26,29,32,36-53H2,1-5H3/b10-8-,11-9-,16-14-,17-15-,22-20-,25-24-,28-27-,31-30-,34-21-,35-33-. The number of unbranched alkanes of at least 4 members (excludes halogenated alkanes) is 10. The van der Waals surface area contributed by atoms with Gasteiger partial charge in [0.25, 0.3) is 0 Å². The van der Waals surface area contributed by atoms with Gasteiger partial charge in [-0.05, 0) is 103 Å². The number of hydrogen-bond acceptors (Lipinski definition) is 8. The first-order valence-electron chi connectivity index (χ1n) is 25.7. The Kier molecular flexibility index (Phi) is 45.1. The van der Waals surface area contributed by atoms with Crippen molar-refractivity contribution in [2.75, 3.05) is 47.5 Å². The predicted molar refractivity (Wildman–Crippen MR) is 278 cm³/mol. The molecule has 0 radical (unpaired) electrons. The Morgan fingerprint density at radius 2 is 0.806 bits per heavy atom. The Hall–Kier alpha value is -4.31. The molecule has 0 saturated carbocycles. The number of esters is 2. The van der Waals surface area contributed by atoms with Crippen molar-refractivity contribution in [1.82, 2.24) is 0 Å². The van der Waals surface area contributed by atoms with Gasteiger partial charge in [-0.1, -0.05) is 174 Å². The van der Waals surface area contributed by atoms with Gasteiger partial charge in [0.1, 0.15) is 13.2 Å². The van der Waals surface area contributed by atoms with Crippen molar-refractivity contribution in [3.63, 3.8) is 0 Å². The Balaban J connectivity index is 4.42. The average molecular weight is 932 g/mol. The molecule has 0 aliphatic carbocycles. The number of carboxylic acid groups (broad SMARTS) is 1. The SMILES string of the molecule is CC/C=C\C/C=C\C/C=C\C/C=C\C/C=C\C/C=C\C/C=C\CCCCCCCC(=O)OC(COC(=O)CCCCCCC/C=C\C/C=C\C/C=C\CC)COC(OCC[N+](C)(C)C)C(=O)[O-]. The first kappa shape index (κ1) is 62.7. The summed E-state index contributed by atoms with van der Waals surface area (Å²) in [4.78, 5) is 37.1. The van der Waals surface area contributed by atoms with Crippen LogP contribution in [-0.2, 0) is 33.3 Å². The van der Waals surface area contributed by atoms with E-state index in [2.05, 4.69) is 135 Å². The van der Waals surface area contributed by atoms with Gasteiger partial charge < -0.3 is 33.3 Å². The number of rotatable bonds is 45. The van der Waals surface area contributed by atoms with Crippen LogP contribution in [0.3, 0.4) is 0 Å². The fraction of sp³-hybridized carbons (Fsp3) is 0.603. The first-order chi connectivity index (χ1) is 32.6. The zero-order valence-corrected chi connectivity index (χ0v) is 42.7. The van der Waals surface area contributed by atoms with Gasteiger partial charge in [0.15, 0.2) is 12.4 Å². The minimum atomic E-state index is -1.64. The van der Waals surface area contributed by atoms with E-state index in [9.17, 15) is 19.5 Å². The second-order valence-electron chi connectivity index (χ2n) is 17.7. The third kappa shape index (κ3) is 49.4. The summed E-state index contributed by atoms with van der Waals surface area (Å²) < 4.78 is 22.6. The van der Waals surface area contributed by atoms with Gasteiger partial charge in [-0.2, -0.15) is 0 Å². The summed E-state index contributed by atoms with van der Waals surface area (Å²) in [5.41, 5.74) is 0. The normalized spacial score (nSPS) is 13.9. The smallest absolute Gasteiger partial charge is 0.306 e. The van der Waals surface area contributed by atoms with Gasteiger partial charge in [-0.15, -0.1) is 0 Å². The quantitative estimate of drug-likeness (QED) is 0.0195. The average Bonchev–Trinajstić information content (AvgIpc) is 3.29. The lowest BCUT2D eigenvalue weighted by atomic mass is 10.1. The van der Waals surface area contributed by atoms with Gasteiger partial charge in [0.05, 0.1) is 40.3 Å². The highest BCUT2D eigenvalue weighted by Gasteiger charge is 2.21. The molecule has 2 unspecified atom stereocenters. The van der Waals surface area contributed by atoms with Crippen LogP contribution in [-0.4, -0.2) is 82.3 Å². The van der Waals surface area contributed by atoms with E-state index < -0.39 is 24.3 Å². The fourth-order valence-electron chi connectivity index (χ4n) is 6.29. The van der Waals surface area contributed by atoms with Gasteiger partial charge >= 0.3 is 11.9 Å². The number of likely N-dealkylation sites (N-methyl/N-ethyl adjacent to an activating group) is 1. The van der Waals surface area contributed by atoms with Crippen LogP contribution >= 0.6 is 0 Å². The molecule has 0 rings (SSSR count). The van der Waals surface area contributed by atoms with Crippen molar-refractivity contribution in [1.29, 1.82) is 0 Å². The number of aliphatic carboxylic acids is 1. The van der Waals surface area contributed by atoms with Crippen LogP contribution in [0, 0.1) is 0 Å². The topological polar surface area (TPSA) is 111 Å². The maximum Gasteiger partial charge on any atom is 0.306 e. The van der Waals surface area contributed by atoms with E-state index in [0.717, 1.165) is 128 Å².